The molecule has 0 aliphatic carbocycles. The average molecular weight is 498 g/mol. The molecule has 182 valence electrons. The monoisotopic (exact) mass is 497 g/mol. The summed E-state index contributed by atoms with van der Waals surface area (Å²) >= 11 is 6.23. The number of benzene rings is 2. The third kappa shape index (κ3) is 5.06. The number of rotatable bonds is 7. The minimum atomic E-state index is -0.756. The molecule has 9 nitrogen and oxygen atoms in total. The van der Waals surface area contributed by atoms with Gasteiger partial charge >= 0.3 is 5.97 Å². The topological polar surface area (TPSA) is 105 Å². The summed E-state index contributed by atoms with van der Waals surface area (Å²) in [5, 5.41) is 2.57. The van der Waals surface area contributed by atoms with Gasteiger partial charge in [0.25, 0.3) is 17.7 Å². The number of hydrogen-bond acceptors (Lipinski definition) is 7. The number of carbonyl (C=O) groups is 4. The lowest BCUT2D eigenvalue weighted by Crippen LogP contribution is -2.40. The van der Waals surface area contributed by atoms with E-state index in [0.29, 0.717) is 44.0 Å². The summed E-state index contributed by atoms with van der Waals surface area (Å²) in [5.74, 6) is -2.21. The molecule has 3 amide bonds. The number of hydrogen-bond donors (Lipinski definition) is 1. The van der Waals surface area contributed by atoms with Crippen LogP contribution in [0.5, 0.6) is 0 Å². The molecule has 35 heavy (non-hydrogen) atoms. The van der Waals surface area contributed by atoms with E-state index < -0.39 is 17.8 Å². The minimum Gasteiger partial charge on any atom is -0.462 e. The van der Waals surface area contributed by atoms with E-state index >= 15 is 0 Å². The van der Waals surface area contributed by atoms with Crippen LogP contribution in [-0.4, -0.2) is 61.5 Å². The van der Waals surface area contributed by atoms with Crippen molar-refractivity contribution < 1.29 is 28.7 Å². The van der Waals surface area contributed by atoms with E-state index in [1.807, 2.05) is 6.92 Å². The molecule has 1 N–H and O–H groups in total. The number of halogens is 1. The first kappa shape index (κ1) is 24.4. The number of esters is 1. The van der Waals surface area contributed by atoms with Crippen LogP contribution >= 0.6 is 11.6 Å². The van der Waals surface area contributed by atoms with Crippen LogP contribution in [0.3, 0.4) is 0 Å². The number of nitrogens with one attached hydrogen (secondary N) is 1. The van der Waals surface area contributed by atoms with Crippen LogP contribution in [0.1, 0.15) is 34.1 Å². The Hall–Kier alpha value is -3.69. The van der Waals surface area contributed by atoms with E-state index in [1.54, 1.807) is 41.3 Å². The average Bonchev–Trinajstić information content (AvgIpc) is 3.10. The van der Waals surface area contributed by atoms with Gasteiger partial charge in [-0.1, -0.05) is 30.7 Å². The molecule has 0 unspecified atom stereocenters. The van der Waals surface area contributed by atoms with Crippen molar-refractivity contribution in [2.24, 2.45) is 0 Å². The second-order valence-electron chi connectivity index (χ2n) is 7.89. The number of amides is 3. The highest BCUT2D eigenvalue weighted by atomic mass is 35.5. The van der Waals surface area contributed by atoms with Crippen molar-refractivity contribution in [3.8, 4) is 0 Å². The molecule has 2 aliphatic heterocycles. The maximum absolute atomic E-state index is 13.2. The Morgan fingerprint density at radius 3 is 2.40 bits per heavy atom. The van der Waals surface area contributed by atoms with Crippen molar-refractivity contribution in [3.63, 3.8) is 0 Å². The Morgan fingerprint density at radius 1 is 1.03 bits per heavy atom. The smallest absolute Gasteiger partial charge is 0.340 e. The van der Waals surface area contributed by atoms with Crippen molar-refractivity contribution in [1.29, 1.82) is 0 Å². The number of imide groups is 1. The molecule has 1 fully saturated rings. The molecule has 0 spiro atoms. The summed E-state index contributed by atoms with van der Waals surface area (Å²) in [5.41, 5.74) is 1.01. The van der Waals surface area contributed by atoms with Gasteiger partial charge in [0, 0.05) is 24.3 Å². The van der Waals surface area contributed by atoms with Gasteiger partial charge in [-0.3, -0.25) is 14.4 Å². The number of morpholine rings is 1. The summed E-state index contributed by atoms with van der Waals surface area (Å²) in [7, 11) is 0. The molecular formula is C25H24ClN3O6. The SMILES string of the molecule is CCCOC(=O)c1ccccc1N1C(=O)C(Cl)=C(Nc2ccc(C(=O)N3CCOCC3)cc2)C1=O. The molecule has 0 atom stereocenters. The highest BCUT2D eigenvalue weighted by Gasteiger charge is 2.40. The van der Waals surface area contributed by atoms with E-state index in [-0.39, 0.29) is 34.5 Å². The summed E-state index contributed by atoms with van der Waals surface area (Å²) in [6, 6.07) is 12.7. The van der Waals surface area contributed by atoms with Crippen molar-refractivity contribution >= 4 is 46.7 Å². The van der Waals surface area contributed by atoms with Crippen LogP contribution in [0, 0.1) is 0 Å². The number of para-hydroxylation sites is 1. The van der Waals surface area contributed by atoms with Crippen molar-refractivity contribution in [3.05, 3.63) is 70.4 Å². The summed E-state index contributed by atoms with van der Waals surface area (Å²) in [4.78, 5) is 53.7. The fraction of sp³-hybridized carbons (Fsp3) is 0.280. The van der Waals surface area contributed by atoms with Gasteiger partial charge in [0.1, 0.15) is 10.7 Å². The second kappa shape index (κ2) is 10.7. The van der Waals surface area contributed by atoms with Crippen LogP contribution in [0.15, 0.2) is 59.3 Å². The van der Waals surface area contributed by atoms with Crippen molar-refractivity contribution in [2.45, 2.75) is 13.3 Å². The largest absolute Gasteiger partial charge is 0.462 e. The second-order valence-corrected chi connectivity index (χ2v) is 8.27. The Bertz CT molecular complexity index is 1190. The zero-order valence-corrected chi connectivity index (χ0v) is 19.8. The molecule has 2 aliphatic rings. The fourth-order valence-electron chi connectivity index (χ4n) is 3.73. The minimum absolute atomic E-state index is 0.0827. The third-order valence-corrected chi connectivity index (χ3v) is 5.88. The summed E-state index contributed by atoms with van der Waals surface area (Å²) in [6.45, 7) is 4.14. The molecule has 2 aromatic carbocycles. The summed E-state index contributed by atoms with van der Waals surface area (Å²) in [6.07, 6.45) is 0.633. The van der Waals surface area contributed by atoms with Crippen LogP contribution in [-0.2, 0) is 19.1 Å². The maximum Gasteiger partial charge on any atom is 0.340 e. The number of ether oxygens (including phenoxy) is 2. The van der Waals surface area contributed by atoms with E-state index in [4.69, 9.17) is 21.1 Å². The maximum atomic E-state index is 13.2. The van der Waals surface area contributed by atoms with Crippen LogP contribution in [0.4, 0.5) is 11.4 Å². The van der Waals surface area contributed by atoms with Crippen molar-refractivity contribution in [1.82, 2.24) is 4.90 Å². The van der Waals surface area contributed by atoms with E-state index in [1.165, 1.54) is 12.1 Å². The molecule has 0 saturated carbocycles. The van der Waals surface area contributed by atoms with Gasteiger partial charge in [-0.15, -0.1) is 0 Å². The number of carbonyl (C=O) groups excluding carboxylic acids is 4. The predicted octanol–water partition coefficient (Wildman–Crippen LogP) is 3.16. The first-order chi connectivity index (χ1) is 16.9. The first-order valence-corrected chi connectivity index (χ1v) is 11.6. The van der Waals surface area contributed by atoms with E-state index in [0.717, 1.165) is 4.90 Å². The zero-order valence-electron chi connectivity index (χ0n) is 19.1. The summed E-state index contributed by atoms with van der Waals surface area (Å²) < 4.78 is 10.5. The molecule has 0 bridgehead atoms. The van der Waals surface area contributed by atoms with E-state index in [2.05, 4.69) is 5.32 Å². The highest BCUT2D eigenvalue weighted by molar-refractivity contribution is 6.53. The van der Waals surface area contributed by atoms with Gasteiger partial charge in [-0.05, 0) is 42.8 Å². The van der Waals surface area contributed by atoms with Crippen LogP contribution < -0.4 is 10.2 Å². The van der Waals surface area contributed by atoms with Gasteiger partial charge < -0.3 is 19.7 Å². The molecule has 0 radical (unpaired) electrons. The van der Waals surface area contributed by atoms with Crippen LogP contribution in [0.25, 0.3) is 0 Å². The van der Waals surface area contributed by atoms with Gasteiger partial charge in [-0.2, -0.15) is 0 Å². The molecule has 4 rings (SSSR count). The predicted molar refractivity (Wildman–Crippen MR) is 129 cm³/mol. The quantitative estimate of drug-likeness (QED) is 0.462. The van der Waals surface area contributed by atoms with Gasteiger partial charge in [0.05, 0.1) is 31.1 Å². The fourth-order valence-corrected chi connectivity index (χ4v) is 3.95. The van der Waals surface area contributed by atoms with Crippen LogP contribution in [0.2, 0.25) is 0 Å². The Morgan fingerprint density at radius 2 is 1.71 bits per heavy atom. The Labute approximate surface area is 207 Å². The highest BCUT2D eigenvalue weighted by Crippen LogP contribution is 2.32. The van der Waals surface area contributed by atoms with E-state index in [9.17, 15) is 19.2 Å². The Balaban J connectivity index is 1.52. The molecule has 0 aromatic heterocycles. The standard InChI is InChI=1S/C25H24ClN3O6/c1-2-13-35-25(33)18-5-3-4-6-19(18)29-23(31)20(26)21(24(29)32)27-17-9-7-16(8-10-17)22(30)28-11-14-34-15-12-28/h3-10,27H,2,11-15H2,1H3. The molecule has 10 heteroatoms. The molecular weight excluding hydrogens is 474 g/mol. The molecule has 2 aromatic rings. The number of anilines is 2. The zero-order chi connectivity index (χ0) is 24.9. The number of nitrogens with zero attached hydrogens (tertiary/aromatic N) is 2. The van der Waals surface area contributed by atoms with Gasteiger partial charge in [0.2, 0.25) is 0 Å². The first-order valence-electron chi connectivity index (χ1n) is 11.2. The molecule has 2 heterocycles. The van der Waals surface area contributed by atoms with Gasteiger partial charge in [-0.25, -0.2) is 9.69 Å². The lowest BCUT2D eigenvalue weighted by Gasteiger charge is -2.26. The Kier molecular flexibility index (Phi) is 7.48. The lowest BCUT2D eigenvalue weighted by molar-refractivity contribution is -0.120. The lowest BCUT2D eigenvalue weighted by atomic mass is 10.1. The van der Waals surface area contributed by atoms with Crippen molar-refractivity contribution in [2.75, 3.05) is 43.1 Å². The molecule has 1 saturated heterocycles. The third-order valence-electron chi connectivity index (χ3n) is 5.53. The van der Waals surface area contributed by atoms with Gasteiger partial charge in [0.15, 0.2) is 0 Å². The normalized spacial score (nSPS) is 16.1.